The van der Waals surface area contributed by atoms with Crippen molar-refractivity contribution in [3.05, 3.63) is 237 Å². The second kappa shape index (κ2) is 14.6. The maximum atomic E-state index is 6.63. The zero-order chi connectivity index (χ0) is 42.2. The highest BCUT2D eigenvalue weighted by molar-refractivity contribution is 7.19. The Morgan fingerprint density at radius 1 is 0.422 bits per heavy atom. The molecule has 3 aromatic heterocycles. The Morgan fingerprint density at radius 3 is 1.81 bits per heavy atom. The predicted octanol–water partition coefficient (Wildman–Crippen LogP) is 12.9. The third-order valence-electron chi connectivity index (χ3n) is 13.8. The number of aromatic nitrogens is 2. The molecule has 1 unspecified atom stereocenters. The summed E-state index contributed by atoms with van der Waals surface area (Å²) in [6.07, 6.45) is 9.94. The first-order valence-electron chi connectivity index (χ1n) is 22.3. The maximum absolute atomic E-state index is 6.63. The SMILES string of the molecule is C1=CCC(n2c3ccccc3c3cc(-c4cccc([Si](c5ccccc5)(c5ccccc5)c5ccc(-n6c7ccccc7c7c8oc9ccccc9c8ccc76)cc5)c4)ccc32)C=C1. The van der Waals surface area contributed by atoms with Gasteiger partial charge < -0.3 is 13.6 Å². The summed E-state index contributed by atoms with van der Waals surface area (Å²) < 4.78 is 11.6. The van der Waals surface area contributed by atoms with Crippen LogP contribution in [0.1, 0.15) is 12.5 Å². The van der Waals surface area contributed by atoms with Gasteiger partial charge in [-0.3, -0.25) is 0 Å². The average Bonchev–Trinajstić information content (AvgIpc) is 4.03. The van der Waals surface area contributed by atoms with Crippen LogP contribution in [0.2, 0.25) is 0 Å². The predicted molar refractivity (Wildman–Crippen MR) is 272 cm³/mol. The van der Waals surface area contributed by atoms with Gasteiger partial charge in [-0.15, -0.1) is 0 Å². The highest BCUT2D eigenvalue weighted by Gasteiger charge is 2.41. The van der Waals surface area contributed by atoms with Crippen molar-refractivity contribution in [2.75, 3.05) is 0 Å². The van der Waals surface area contributed by atoms with Crippen LogP contribution in [-0.2, 0) is 0 Å². The lowest BCUT2D eigenvalue weighted by Crippen LogP contribution is -2.74. The molecule has 0 amide bonds. The Labute approximate surface area is 372 Å². The van der Waals surface area contributed by atoms with Gasteiger partial charge in [0.1, 0.15) is 11.2 Å². The van der Waals surface area contributed by atoms with Gasteiger partial charge in [-0.25, -0.2) is 0 Å². The number of hydrogen-bond acceptors (Lipinski definition) is 1. The molecule has 1 aliphatic carbocycles. The number of fused-ring (bicyclic) bond motifs is 10. The second-order valence-corrected chi connectivity index (χ2v) is 20.9. The minimum atomic E-state index is -2.89. The summed E-state index contributed by atoms with van der Waals surface area (Å²) in [6.45, 7) is 0. The summed E-state index contributed by atoms with van der Waals surface area (Å²) in [5.74, 6) is 0. The summed E-state index contributed by atoms with van der Waals surface area (Å²) in [4.78, 5) is 0. The third kappa shape index (κ3) is 5.46. The molecule has 4 heteroatoms. The minimum Gasteiger partial charge on any atom is -0.455 e. The topological polar surface area (TPSA) is 23.0 Å². The number of furan rings is 1. The van der Waals surface area contributed by atoms with E-state index in [0.29, 0.717) is 6.04 Å². The molecule has 1 atom stereocenters. The molecule has 302 valence electrons. The van der Waals surface area contributed by atoms with E-state index in [1.165, 1.54) is 59.1 Å². The number of allylic oxidation sites excluding steroid dienone is 4. The minimum absolute atomic E-state index is 0.291. The van der Waals surface area contributed by atoms with Gasteiger partial charge in [-0.2, -0.15) is 0 Å². The molecule has 13 rings (SSSR count). The number of para-hydroxylation sites is 3. The van der Waals surface area contributed by atoms with Crippen LogP contribution in [0.15, 0.2) is 241 Å². The number of benzene rings is 9. The highest BCUT2D eigenvalue weighted by atomic mass is 28.3. The molecule has 0 fully saturated rings. The van der Waals surface area contributed by atoms with Crippen molar-refractivity contribution in [3.63, 3.8) is 0 Å². The van der Waals surface area contributed by atoms with Crippen molar-refractivity contribution in [3.8, 4) is 16.8 Å². The van der Waals surface area contributed by atoms with E-state index < -0.39 is 8.07 Å². The Bertz CT molecular complexity index is 3770. The third-order valence-corrected chi connectivity index (χ3v) is 18.6. The van der Waals surface area contributed by atoms with Gasteiger partial charge in [-0.1, -0.05) is 182 Å². The lowest BCUT2D eigenvalue weighted by molar-refractivity contribution is 0.648. The fourth-order valence-corrected chi connectivity index (χ4v) is 15.8. The van der Waals surface area contributed by atoms with Crippen LogP contribution in [-0.4, -0.2) is 17.2 Å². The quantitative estimate of drug-likeness (QED) is 0.116. The first kappa shape index (κ1) is 36.7. The molecule has 0 saturated heterocycles. The van der Waals surface area contributed by atoms with Crippen LogP contribution in [0.4, 0.5) is 0 Å². The first-order valence-corrected chi connectivity index (χ1v) is 24.3. The van der Waals surface area contributed by atoms with Gasteiger partial charge in [-0.05, 0) is 92.9 Å². The normalized spacial score (nSPS) is 14.2. The van der Waals surface area contributed by atoms with Gasteiger partial charge in [0, 0.05) is 43.7 Å². The van der Waals surface area contributed by atoms with Crippen LogP contribution in [0.3, 0.4) is 0 Å². The largest absolute Gasteiger partial charge is 0.455 e. The number of hydrogen-bond donors (Lipinski definition) is 0. The molecule has 0 aliphatic heterocycles. The average molecular weight is 835 g/mol. The summed E-state index contributed by atoms with van der Waals surface area (Å²) in [5.41, 5.74) is 10.3. The van der Waals surface area contributed by atoms with E-state index >= 15 is 0 Å². The molecular formula is C60H42N2OSi. The van der Waals surface area contributed by atoms with E-state index in [1.54, 1.807) is 0 Å². The lowest BCUT2D eigenvalue weighted by atomic mass is 10.0. The van der Waals surface area contributed by atoms with Crippen molar-refractivity contribution >= 4 is 94.4 Å². The van der Waals surface area contributed by atoms with Gasteiger partial charge in [0.2, 0.25) is 0 Å². The molecule has 0 spiro atoms. The van der Waals surface area contributed by atoms with Crippen LogP contribution in [0.25, 0.3) is 82.4 Å². The zero-order valence-corrected chi connectivity index (χ0v) is 36.1. The molecule has 3 heterocycles. The van der Waals surface area contributed by atoms with Crippen molar-refractivity contribution in [2.45, 2.75) is 12.5 Å². The first-order chi connectivity index (χ1) is 31.8. The van der Waals surface area contributed by atoms with Gasteiger partial charge in [0.05, 0.1) is 22.5 Å². The van der Waals surface area contributed by atoms with E-state index in [9.17, 15) is 0 Å². The van der Waals surface area contributed by atoms with Crippen molar-refractivity contribution in [1.82, 2.24) is 9.13 Å². The van der Waals surface area contributed by atoms with Crippen molar-refractivity contribution in [2.24, 2.45) is 0 Å². The lowest BCUT2D eigenvalue weighted by Gasteiger charge is -2.35. The number of nitrogens with zero attached hydrogens (tertiary/aromatic N) is 2. The summed E-state index contributed by atoms with van der Waals surface area (Å²) in [7, 11) is -2.89. The molecule has 1 aliphatic rings. The van der Waals surface area contributed by atoms with Crippen molar-refractivity contribution < 1.29 is 4.42 Å². The van der Waals surface area contributed by atoms with Crippen LogP contribution >= 0.6 is 0 Å². The highest BCUT2D eigenvalue weighted by Crippen LogP contribution is 2.41. The second-order valence-electron chi connectivity index (χ2n) is 17.1. The Hall–Kier alpha value is -7.92. The monoisotopic (exact) mass is 834 g/mol. The molecule has 0 bridgehead atoms. The van der Waals surface area contributed by atoms with E-state index in [-0.39, 0.29) is 0 Å². The fourth-order valence-electron chi connectivity index (χ4n) is 11.0. The summed E-state index contributed by atoms with van der Waals surface area (Å²) >= 11 is 0. The smallest absolute Gasteiger partial charge is 0.179 e. The fraction of sp³-hybridized carbons (Fsp3) is 0.0333. The van der Waals surface area contributed by atoms with E-state index in [1.807, 2.05) is 6.07 Å². The molecular weight excluding hydrogens is 793 g/mol. The Kier molecular flexibility index (Phi) is 8.37. The summed E-state index contributed by atoms with van der Waals surface area (Å²) in [5, 5.41) is 12.6. The van der Waals surface area contributed by atoms with Crippen LogP contribution < -0.4 is 20.7 Å². The van der Waals surface area contributed by atoms with E-state index in [4.69, 9.17) is 4.42 Å². The molecule has 0 saturated carbocycles. The van der Waals surface area contributed by atoms with Gasteiger partial charge in [0.15, 0.2) is 8.07 Å². The zero-order valence-electron chi connectivity index (χ0n) is 35.1. The standard InChI is InChI=1S/C60H42N2OSi/c1-4-18-43(19-5-1)61-54-28-13-10-25-49(54)53-40-42(31-37-56(53)61)41-17-16-24-48(39-41)64(45-20-6-2-7-21-45,46-22-8-3-9-23-46)47-34-32-44(33-35-47)62-55-29-14-11-27-52(55)59-57(62)38-36-51-50-26-12-15-30-58(50)63-60(51)59/h1-18,20-40,43H,19H2. The number of rotatable bonds is 7. The molecule has 64 heavy (non-hydrogen) atoms. The van der Waals surface area contributed by atoms with E-state index in [0.717, 1.165) is 50.5 Å². The summed E-state index contributed by atoms with van der Waals surface area (Å²) in [6, 6.07) is 79.2. The van der Waals surface area contributed by atoms with E-state index in [2.05, 4.69) is 240 Å². The molecule has 9 aromatic carbocycles. The maximum Gasteiger partial charge on any atom is 0.179 e. The Morgan fingerprint density at radius 2 is 1.05 bits per heavy atom. The van der Waals surface area contributed by atoms with Gasteiger partial charge in [0.25, 0.3) is 0 Å². The van der Waals surface area contributed by atoms with Crippen LogP contribution in [0.5, 0.6) is 0 Å². The Balaban J connectivity index is 0.997. The van der Waals surface area contributed by atoms with Crippen LogP contribution in [0, 0.1) is 0 Å². The van der Waals surface area contributed by atoms with Crippen molar-refractivity contribution in [1.29, 1.82) is 0 Å². The molecule has 12 aromatic rings. The molecule has 0 radical (unpaired) electrons. The molecule has 3 nitrogen and oxygen atoms in total. The van der Waals surface area contributed by atoms with Gasteiger partial charge >= 0.3 is 0 Å². The molecule has 0 N–H and O–H groups in total.